The van der Waals surface area contributed by atoms with Crippen LogP contribution in [0.1, 0.15) is 22.4 Å². The number of benzene rings is 1. The second-order valence-corrected chi connectivity index (χ2v) is 6.89. The molecule has 9 heteroatoms. The molecule has 0 radical (unpaired) electrons. The zero-order valence-corrected chi connectivity index (χ0v) is 15.1. The summed E-state index contributed by atoms with van der Waals surface area (Å²) in [6, 6.07) is 5.91. The Morgan fingerprint density at radius 3 is 2.59 bits per heavy atom. The number of aromatic amines is 1. The van der Waals surface area contributed by atoms with Crippen LogP contribution in [0.3, 0.4) is 0 Å². The molecule has 0 fully saturated rings. The third kappa shape index (κ3) is 4.19. The number of aromatic nitrogens is 3. The van der Waals surface area contributed by atoms with Gasteiger partial charge in [0.25, 0.3) is 5.56 Å². The van der Waals surface area contributed by atoms with Crippen molar-refractivity contribution in [2.24, 2.45) is 0 Å². The Hall–Kier alpha value is -3.07. The van der Waals surface area contributed by atoms with Crippen molar-refractivity contribution in [2.45, 2.75) is 25.7 Å². The van der Waals surface area contributed by atoms with Crippen molar-refractivity contribution < 1.29 is 17.6 Å². The molecule has 4 rings (SSSR count). The number of nitrogens with one attached hydrogen (secondary N) is 1. The Balaban J connectivity index is 1.56. The van der Waals surface area contributed by atoms with Gasteiger partial charge >= 0.3 is 6.18 Å². The predicted octanol–water partition coefficient (Wildman–Crippen LogP) is 3.55. The second-order valence-electron chi connectivity index (χ2n) is 6.89. The highest BCUT2D eigenvalue weighted by Gasteiger charge is 2.30. The van der Waals surface area contributed by atoms with Gasteiger partial charge in [-0.2, -0.15) is 13.2 Å². The summed E-state index contributed by atoms with van der Waals surface area (Å²) in [5.74, 6) is -0.175. The summed E-state index contributed by atoms with van der Waals surface area (Å²) in [4.78, 5) is 25.5. The molecule has 0 amide bonds. The lowest BCUT2D eigenvalue weighted by Crippen LogP contribution is -2.35. The maximum atomic E-state index is 13.3. The standard InChI is InChI=1S/C20H16F4N4O/c21-15-7-12(8-25-9-15)10-28-6-5-17-16(11-28)19(29)27-18(26-17)13-1-3-14(4-2-13)20(22,23)24/h1-4,7-9H,5-6,10-11H2,(H,26,27,29). The maximum absolute atomic E-state index is 13.3. The van der Waals surface area contributed by atoms with Gasteiger partial charge in [0, 0.05) is 37.8 Å². The molecule has 0 bridgehead atoms. The number of hydrogen-bond acceptors (Lipinski definition) is 4. The van der Waals surface area contributed by atoms with E-state index < -0.39 is 17.6 Å². The molecule has 0 saturated heterocycles. The van der Waals surface area contributed by atoms with Gasteiger partial charge in [-0.25, -0.2) is 9.37 Å². The summed E-state index contributed by atoms with van der Waals surface area (Å²) in [6.45, 7) is 1.41. The third-order valence-electron chi connectivity index (χ3n) is 4.80. The van der Waals surface area contributed by atoms with Gasteiger partial charge < -0.3 is 4.98 Å². The van der Waals surface area contributed by atoms with Crippen molar-refractivity contribution in [2.75, 3.05) is 6.54 Å². The number of halogens is 4. The number of alkyl halides is 3. The van der Waals surface area contributed by atoms with Crippen LogP contribution in [0.25, 0.3) is 11.4 Å². The minimum Gasteiger partial charge on any atom is -0.306 e. The molecular formula is C20H16F4N4O. The summed E-state index contributed by atoms with van der Waals surface area (Å²) in [5.41, 5.74) is 1.16. The fraction of sp³-hybridized carbons (Fsp3) is 0.250. The largest absolute Gasteiger partial charge is 0.416 e. The lowest BCUT2D eigenvalue weighted by atomic mass is 10.1. The van der Waals surface area contributed by atoms with Crippen molar-refractivity contribution >= 4 is 0 Å². The van der Waals surface area contributed by atoms with E-state index in [0.717, 1.165) is 18.3 Å². The molecule has 5 nitrogen and oxygen atoms in total. The van der Waals surface area contributed by atoms with Gasteiger partial charge in [0.15, 0.2) is 0 Å². The van der Waals surface area contributed by atoms with E-state index in [4.69, 9.17) is 0 Å². The number of hydrogen-bond donors (Lipinski definition) is 1. The van der Waals surface area contributed by atoms with Crippen LogP contribution in [0, 0.1) is 5.82 Å². The highest BCUT2D eigenvalue weighted by atomic mass is 19.4. The van der Waals surface area contributed by atoms with Gasteiger partial charge in [0.2, 0.25) is 0 Å². The van der Waals surface area contributed by atoms with E-state index >= 15 is 0 Å². The van der Waals surface area contributed by atoms with Gasteiger partial charge in [0.1, 0.15) is 11.6 Å². The molecule has 0 aliphatic carbocycles. The van der Waals surface area contributed by atoms with Gasteiger partial charge in [-0.05, 0) is 23.8 Å². The zero-order chi connectivity index (χ0) is 20.6. The fourth-order valence-electron chi connectivity index (χ4n) is 3.37. The highest BCUT2D eigenvalue weighted by molar-refractivity contribution is 5.56. The van der Waals surface area contributed by atoms with Crippen LogP contribution >= 0.6 is 0 Å². The smallest absolute Gasteiger partial charge is 0.306 e. The zero-order valence-electron chi connectivity index (χ0n) is 15.1. The van der Waals surface area contributed by atoms with Crippen molar-refractivity contribution in [3.05, 3.63) is 81.3 Å². The fourth-order valence-corrected chi connectivity index (χ4v) is 3.37. The Morgan fingerprint density at radius 2 is 1.90 bits per heavy atom. The molecule has 0 saturated carbocycles. The maximum Gasteiger partial charge on any atom is 0.416 e. The first-order chi connectivity index (χ1) is 13.8. The molecule has 2 aromatic heterocycles. The molecular weight excluding hydrogens is 388 g/mol. The Kier molecular flexibility index (Phi) is 4.91. The molecule has 29 heavy (non-hydrogen) atoms. The van der Waals surface area contributed by atoms with E-state index in [9.17, 15) is 22.4 Å². The summed E-state index contributed by atoms with van der Waals surface area (Å²) in [5, 5.41) is 0. The first-order valence-electron chi connectivity index (χ1n) is 8.91. The van der Waals surface area contributed by atoms with E-state index in [1.807, 2.05) is 4.90 Å². The van der Waals surface area contributed by atoms with Crippen LogP contribution in [0.2, 0.25) is 0 Å². The summed E-state index contributed by atoms with van der Waals surface area (Å²) in [7, 11) is 0. The lowest BCUT2D eigenvalue weighted by Gasteiger charge is -2.27. The van der Waals surface area contributed by atoms with Crippen molar-refractivity contribution in [3.8, 4) is 11.4 Å². The molecule has 1 aliphatic rings. The van der Waals surface area contributed by atoms with Crippen LogP contribution in [0.4, 0.5) is 17.6 Å². The normalized spacial score (nSPS) is 14.6. The Bertz CT molecular complexity index is 1090. The predicted molar refractivity (Wildman–Crippen MR) is 97.3 cm³/mol. The van der Waals surface area contributed by atoms with Crippen LogP contribution < -0.4 is 5.56 Å². The minimum absolute atomic E-state index is 0.241. The summed E-state index contributed by atoms with van der Waals surface area (Å²) >= 11 is 0. The van der Waals surface area contributed by atoms with E-state index in [0.29, 0.717) is 48.4 Å². The van der Waals surface area contributed by atoms with Gasteiger partial charge in [-0.1, -0.05) is 12.1 Å². The van der Waals surface area contributed by atoms with Gasteiger partial charge in [0.05, 0.1) is 23.0 Å². The monoisotopic (exact) mass is 404 g/mol. The van der Waals surface area contributed by atoms with Gasteiger partial charge in [-0.3, -0.25) is 14.7 Å². The lowest BCUT2D eigenvalue weighted by molar-refractivity contribution is -0.137. The van der Waals surface area contributed by atoms with E-state index in [1.54, 1.807) is 6.20 Å². The molecule has 0 atom stereocenters. The van der Waals surface area contributed by atoms with Crippen LogP contribution in [0.5, 0.6) is 0 Å². The topological polar surface area (TPSA) is 61.9 Å². The number of pyridine rings is 1. The first-order valence-corrected chi connectivity index (χ1v) is 8.91. The molecule has 3 heterocycles. The van der Waals surface area contributed by atoms with Crippen LogP contribution in [-0.4, -0.2) is 26.4 Å². The molecule has 1 aromatic carbocycles. The summed E-state index contributed by atoms with van der Waals surface area (Å²) < 4.78 is 51.5. The molecule has 1 N–H and O–H groups in total. The molecule has 0 unspecified atom stereocenters. The molecule has 1 aliphatic heterocycles. The second kappa shape index (κ2) is 7.40. The van der Waals surface area contributed by atoms with Crippen molar-refractivity contribution in [3.63, 3.8) is 0 Å². The van der Waals surface area contributed by atoms with Crippen LogP contribution in [-0.2, 0) is 25.7 Å². The number of fused-ring (bicyclic) bond motifs is 1. The quantitative estimate of drug-likeness (QED) is 0.679. The Morgan fingerprint density at radius 1 is 1.14 bits per heavy atom. The summed E-state index contributed by atoms with van der Waals surface area (Å²) in [6.07, 6.45) is -1.20. The molecule has 150 valence electrons. The van der Waals surface area contributed by atoms with E-state index in [2.05, 4.69) is 15.0 Å². The van der Waals surface area contributed by atoms with Crippen LogP contribution in [0.15, 0.2) is 47.5 Å². The van der Waals surface area contributed by atoms with Crippen molar-refractivity contribution in [1.29, 1.82) is 0 Å². The third-order valence-corrected chi connectivity index (χ3v) is 4.80. The van der Waals surface area contributed by atoms with E-state index in [-0.39, 0.29) is 11.4 Å². The average Bonchev–Trinajstić information content (AvgIpc) is 2.68. The van der Waals surface area contributed by atoms with Crippen molar-refractivity contribution in [1.82, 2.24) is 19.9 Å². The number of nitrogens with zero attached hydrogens (tertiary/aromatic N) is 3. The molecule has 0 spiro atoms. The van der Waals surface area contributed by atoms with Gasteiger partial charge in [-0.15, -0.1) is 0 Å². The average molecular weight is 404 g/mol. The SMILES string of the molecule is O=c1[nH]c(-c2ccc(C(F)(F)F)cc2)nc2c1CN(Cc1cncc(F)c1)CC2. The molecule has 3 aromatic rings. The number of H-pyrrole nitrogens is 1. The number of rotatable bonds is 3. The highest BCUT2D eigenvalue weighted by Crippen LogP contribution is 2.30. The minimum atomic E-state index is -4.42. The Labute approximate surface area is 163 Å². The first kappa shape index (κ1) is 19.3. The van der Waals surface area contributed by atoms with E-state index in [1.165, 1.54) is 18.2 Å².